The van der Waals surface area contributed by atoms with Crippen LogP contribution in [0.15, 0.2) is 48.5 Å². The maximum absolute atomic E-state index is 13.3. The second-order valence-corrected chi connectivity index (χ2v) is 11.0. The largest absolute Gasteiger partial charge is 0.425 e. The van der Waals surface area contributed by atoms with E-state index in [2.05, 4.69) is 37.4 Å². The summed E-state index contributed by atoms with van der Waals surface area (Å²) < 4.78 is 12.5. The lowest BCUT2D eigenvalue weighted by Gasteiger charge is -2.16. The number of hydrogen-bond donors (Lipinski definition) is 1. The van der Waals surface area contributed by atoms with Crippen LogP contribution in [-0.4, -0.2) is 59.6 Å². The summed E-state index contributed by atoms with van der Waals surface area (Å²) in [6.07, 6.45) is 2.07. The Hall–Kier alpha value is -4.85. The number of aromatic nitrogens is 6. The number of carbonyl (C=O) groups excluding carboxylic acids is 2. The zero-order valence-electron chi connectivity index (χ0n) is 25.8. The number of hydrogen-bond acceptors (Lipinski definition) is 11. The highest BCUT2D eigenvalue weighted by molar-refractivity contribution is 6.32. The number of nitrogens with zero attached hydrogens (tertiary/aromatic N) is 6. The number of aromatic amines is 1. The van der Waals surface area contributed by atoms with Crippen molar-refractivity contribution >= 4 is 23.5 Å². The molecule has 46 heavy (non-hydrogen) atoms. The molecule has 0 aliphatic carbocycles. The summed E-state index contributed by atoms with van der Waals surface area (Å²) in [5.41, 5.74) is 3.70. The molecular weight excluding hydrogens is 618 g/mol. The molecule has 0 fully saturated rings. The Morgan fingerprint density at radius 3 is 2.46 bits per heavy atom. The summed E-state index contributed by atoms with van der Waals surface area (Å²) in [4.78, 5) is 44.9. The molecule has 2 aromatic heterocycles. The van der Waals surface area contributed by atoms with Gasteiger partial charge in [-0.15, -0.1) is 20.3 Å². The second-order valence-electron chi connectivity index (χ2n) is 10.7. The van der Waals surface area contributed by atoms with Gasteiger partial charge in [-0.1, -0.05) is 79.9 Å². The molecule has 0 aliphatic rings. The van der Waals surface area contributed by atoms with E-state index in [0.29, 0.717) is 43.9 Å². The first-order valence-electron chi connectivity index (χ1n) is 15.0. The fourth-order valence-electron chi connectivity index (χ4n) is 4.91. The number of H-pyrrole nitrogens is 1. The van der Waals surface area contributed by atoms with E-state index in [1.54, 1.807) is 11.5 Å². The molecule has 2 heterocycles. The van der Waals surface area contributed by atoms with Crippen LogP contribution < -0.4 is 0 Å². The Kier molecular flexibility index (Phi) is 12.2. The monoisotopic (exact) mass is 653 g/mol. The van der Waals surface area contributed by atoms with Gasteiger partial charge in [-0.05, 0) is 48.1 Å². The zero-order chi connectivity index (χ0) is 33.1. The van der Waals surface area contributed by atoms with Gasteiger partial charge in [0, 0.05) is 31.9 Å². The third kappa shape index (κ3) is 9.33. The molecule has 0 amide bonds. The Bertz CT molecular complexity index is 1610. The van der Waals surface area contributed by atoms with Crippen molar-refractivity contribution in [2.24, 2.45) is 0 Å². The molecule has 2 aromatic carbocycles. The van der Waals surface area contributed by atoms with Gasteiger partial charge < -0.3 is 18.9 Å². The van der Waals surface area contributed by atoms with Gasteiger partial charge in [0.2, 0.25) is 12.1 Å². The van der Waals surface area contributed by atoms with Crippen LogP contribution in [0.2, 0.25) is 5.15 Å². The van der Waals surface area contributed by atoms with Crippen molar-refractivity contribution in [2.75, 3.05) is 0 Å². The van der Waals surface area contributed by atoms with Crippen molar-refractivity contribution in [1.82, 2.24) is 30.2 Å². The third-order valence-corrected chi connectivity index (χ3v) is 7.41. The Balaban J connectivity index is 1.43. The molecule has 0 aliphatic heterocycles. The average molecular weight is 654 g/mol. The minimum absolute atomic E-state index is 0.00588. The molecule has 14 nitrogen and oxygen atoms in total. The number of halogens is 1. The summed E-state index contributed by atoms with van der Waals surface area (Å²) in [6, 6.07) is 15.6. The van der Waals surface area contributed by atoms with E-state index >= 15 is 0 Å². The van der Waals surface area contributed by atoms with Crippen LogP contribution in [0, 0.1) is 10.1 Å². The Morgan fingerprint density at radius 2 is 1.78 bits per heavy atom. The molecule has 4 aromatic rings. The van der Waals surface area contributed by atoms with Crippen LogP contribution >= 0.6 is 11.6 Å². The number of unbranched alkanes of at least 4 members (excludes halogenated alkanes) is 2. The quantitative estimate of drug-likeness (QED) is 0.0466. The van der Waals surface area contributed by atoms with E-state index in [1.165, 1.54) is 6.92 Å². The molecule has 0 radical (unpaired) electrons. The van der Waals surface area contributed by atoms with Crippen LogP contribution in [-0.2, 0) is 32.1 Å². The molecule has 4 rings (SSSR count). The number of ether oxygens (including phenoxy) is 2. The minimum Gasteiger partial charge on any atom is -0.425 e. The van der Waals surface area contributed by atoms with Crippen LogP contribution in [0.3, 0.4) is 0 Å². The first kappa shape index (κ1) is 34.0. The molecule has 0 saturated heterocycles. The van der Waals surface area contributed by atoms with Gasteiger partial charge in [-0.2, -0.15) is 5.21 Å². The number of esters is 2. The van der Waals surface area contributed by atoms with Crippen molar-refractivity contribution in [2.45, 2.75) is 84.7 Å². The van der Waals surface area contributed by atoms with Crippen molar-refractivity contribution in [3.05, 3.63) is 80.9 Å². The second kappa shape index (κ2) is 16.5. The fourth-order valence-corrected chi connectivity index (χ4v) is 5.19. The molecule has 244 valence electrons. The van der Waals surface area contributed by atoms with Gasteiger partial charge in [0.15, 0.2) is 10.8 Å². The van der Waals surface area contributed by atoms with Crippen LogP contribution in [0.25, 0.3) is 22.5 Å². The highest BCUT2D eigenvalue weighted by Crippen LogP contribution is 2.30. The predicted octanol–water partition coefficient (Wildman–Crippen LogP) is 5.98. The molecule has 0 saturated carbocycles. The minimum atomic E-state index is -1.17. The lowest BCUT2D eigenvalue weighted by atomic mass is 9.98. The van der Waals surface area contributed by atoms with Crippen LogP contribution in [0.4, 0.5) is 0 Å². The number of tetrazole rings is 1. The molecule has 15 heteroatoms. The van der Waals surface area contributed by atoms with Gasteiger partial charge in [0.05, 0.1) is 0 Å². The molecule has 0 spiro atoms. The first-order chi connectivity index (χ1) is 22.2. The van der Waals surface area contributed by atoms with Gasteiger partial charge >= 0.3 is 11.9 Å². The lowest BCUT2D eigenvalue weighted by Crippen LogP contribution is -2.24. The maximum Gasteiger partial charge on any atom is 0.361 e. The number of aryl methyl sites for hydroxylation is 1. The van der Waals surface area contributed by atoms with E-state index in [4.69, 9.17) is 21.1 Å². The Morgan fingerprint density at radius 1 is 1.04 bits per heavy atom. The first-order valence-corrected chi connectivity index (χ1v) is 15.4. The highest BCUT2D eigenvalue weighted by atomic mass is 35.5. The van der Waals surface area contributed by atoms with E-state index in [0.717, 1.165) is 35.1 Å². The molecule has 0 bridgehead atoms. The molecule has 2 atom stereocenters. The molecule has 2 unspecified atom stereocenters. The highest BCUT2D eigenvalue weighted by Gasteiger charge is 2.26. The van der Waals surface area contributed by atoms with E-state index in [-0.39, 0.29) is 17.3 Å². The normalized spacial score (nSPS) is 12.3. The van der Waals surface area contributed by atoms with Crippen LogP contribution in [0.5, 0.6) is 0 Å². The van der Waals surface area contributed by atoms with Gasteiger partial charge in [-0.25, -0.2) is 9.78 Å². The average Bonchev–Trinajstić information content (AvgIpc) is 3.66. The van der Waals surface area contributed by atoms with E-state index in [9.17, 15) is 19.7 Å². The van der Waals surface area contributed by atoms with Crippen molar-refractivity contribution in [3.8, 4) is 22.5 Å². The lowest BCUT2D eigenvalue weighted by molar-refractivity contribution is -0.767. The summed E-state index contributed by atoms with van der Waals surface area (Å²) in [5.74, 6) is -0.194. The topological polar surface area (TPSA) is 177 Å². The summed E-state index contributed by atoms with van der Waals surface area (Å²) >= 11 is 6.48. The molecule has 1 N–H and O–H groups in total. The molecular formula is C31H36ClN7O7. The number of imidazole rings is 1. The van der Waals surface area contributed by atoms with E-state index < -0.39 is 29.4 Å². The predicted molar refractivity (Wildman–Crippen MR) is 167 cm³/mol. The van der Waals surface area contributed by atoms with Crippen molar-refractivity contribution in [3.63, 3.8) is 0 Å². The standard InChI is InChI=1S/C31H36ClN7O7/c1-4-5-13-26-33-29(32)28(31(41)45-21(3)44-27(40)14-9-6-10-20(2)46-39(42)43)38(26)19-22-15-17-23(18-16-22)24-11-7-8-12-25(24)30-34-36-37-35-30/h7-8,11-12,15-18,20-21H,4-6,9-10,13-14,19H2,1-3H3,(H,34,35,36,37). The number of rotatable bonds is 17. The van der Waals surface area contributed by atoms with Gasteiger partial charge in [0.1, 0.15) is 11.9 Å². The zero-order valence-corrected chi connectivity index (χ0v) is 26.6. The number of benzene rings is 2. The number of carbonyl (C=O) groups is 2. The smallest absolute Gasteiger partial charge is 0.361 e. The summed E-state index contributed by atoms with van der Waals surface area (Å²) in [5, 5.41) is 23.9. The SMILES string of the molecule is CCCCc1nc(Cl)c(C(=O)OC(C)OC(=O)CCCCC(C)O[N+](=O)[O-])n1Cc1ccc(-c2ccccc2-c2nn[nH]n2)cc1. The van der Waals surface area contributed by atoms with Gasteiger partial charge in [-0.3, -0.25) is 4.79 Å². The number of nitrogens with one attached hydrogen (secondary N) is 1. The maximum atomic E-state index is 13.3. The summed E-state index contributed by atoms with van der Waals surface area (Å²) in [7, 11) is 0. The Labute approximate surface area is 270 Å². The van der Waals surface area contributed by atoms with E-state index in [1.807, 2.05) is 48.5 Å². The van der Waals surface area contributed by atoms with Crippen LogP contribution in [0.1, 0.15) is 81.2 Å². The third-order valence-electron chi connectivity index (χ3n) is 7.15. The fraction of sp³-hybridized carbons (Fsp3) is 0.419. The van der Waals surface area contributed by atoms with Crippen molar-refractivity contribution in [1.29, 1.82) is 0 Å². The van der Waals surface area contributed by atoms with Gasteiger partial charge in [0.25, 0.3) is 5.09 Å². The summed E-state index contributed by atoms with van der Waals surface area (Å²) in [6.45, 7) is 5.40. The van der Waals surface area contributed by atoms with Crippen molar-refractivity contribution < 1.29 is 29.0 Å².